The fourth-order valence-electron chi connectivity index (χ4n) is 3.15. The maximum atomic E-state index is 13.2. The molecule has 0 aromatic carbocycles. The van der Waals surface area contributed by atoms with Crippen molar-refractivity contribution in [3.8, 4) is 0 Å². The highest BCUT2D eigenvalue weighted by atomic mass is 32.1. The maximum absolute atomic E-state index is 13.2. The van der Waals surface area contributed by atoms with E-state index in [-0.39, 0.29) is 5.69 Å². The second-order valence-corrected chi connectivity index (χ2v) is 9.14. The third-order valence-corrected chi connectivity index (χ3v) is 5.19. The van der Waals surface area contributed by atoms with Gasteiger partial charge in [-0.1, -0.05) is 6.08 Å². The Morgan fingerprint density at radius 2 is 1.97 bits per heavy atom. The van der Waals surface area contributed by atoms with Gasteiger partial charge in [0.2, 0.25) is 5.91 Å². The number of rotatable bonds is 4. The summed E-state index contributed by atoms with van der Waals surface area (Å²) in [6.45, 7) is 12.1. The zero-order chi connectivity index (χ0) is 22.9. The maximum Gasteiger partial charge on any atom is 0.413 e. The number of allylic oxidation sites excluding steroid dienone is 1. The molecule has 30 heavy (non-hydrogen) atoms. The predicted molar refractivity (Wildman–Crippen MR) is 112 cm³/mol. The summed E-state index contributed by atoms with van der Waals surface area (Å²) in [7, 11) is 1.27. The number of nitrogens with zero attached hydrogens (tertiary/aromatic N) is 2. The molecule has 1 aliphatic rings. The van der Waals surface area contributed by atoms with Gasteiger partial charge in [-0.3, -0.25) is 9.69 Å². The largest absolute Gasteiger partial charge is 0.464 e. The van der Waals surface area contributed by atoms with Crippen molar-refractivity contribution in [3.63, 3.8) is 0 Å². The lowest BCUT2D eigenvalue weighted by atomic mass is 10.1. The Morgan fingerprint density at radius 1 is 1.33 bits per heavy atom. The lowest BCUT2D eigenvalue weighted by molar-refractivity contribution is -0.125. The van der Waals surface area contributed by atoms with Crippen molar-refractivity contribution in [3.05, 3.63) is 22.2 Å². The van der Waals surface area contributed by atoms with E-state index in [2.05, 4.69) is 15.0 Å². The second kappa shape index (κ2) is 8.73. The van der Waals surface area contributed by atoms with Gasteiger partial charge in [-0.05, 0) is 48.5 Å². The Balaban J connectivity index is 2.26. The smallest absolute Gasteiger partial charge is 0.413 e. The Kier molecular flexibility index (Phi) is 6.93. The molecule has 0 spiro atoms. The summed E-state index contributed by atoms with van der Waals surface area (Å²) in [5, 5.41) is 4.79. The van der Waals surface area contributed by atoms with Crippen LogP contribution >= 0.6 is 11.3 Å². The number of hydrogen-bond acceptors (Lipinski definition) is 8. The first-order chi connectivity index (χ1) is 13.8. The average molecular weight is 440 g/mol. The molecule has 0 saturated carbocycles. The Hall–Kier alpha value is -2.46. The minimum absolute atomic E-state index is 0.153. The fraction of sp³-hybridized carbons (Fsp3) is 0.600. The van der Waals surface area contributed by atoms with Gasteiger partial charge in [0.05, 0.1) is 18.9 Å². The SMILES string of the molecule is C/C=C(\NC(=O)[C@@H]1[C@@H](C)OC(C)(C)N1C(=O)OC(C)(C)C)c1nc(C(=O)OC)cs1. The third-order valence-electron chi connectivity index (χ3n) is 4.31. The molecule has 166 valence electrons. The van der Waals surface area contributed by atoms with Gasteiger partial charge in [0.15, 0.2) is 5.69 Å². The lowest BCUT2D eigenvalue weighted by Gasteiger charge is -2.34. The molecule has 2 heterocycles. The summed E-state index contributed by atoms with van der Waals surface area (Å²) in [5.41, 5.74) is -1.18. The summed E-state index contributed by atoms with van der Waals surface area (Å²) in [6, 6.07) is -0.912. The molecule has 1 fully saturated rings. The summed E-state index contributed by atoms with van der Waals surface area (Å²) >= 11 is 1.19. The van der Waals surface area contributed by atoms with E-state index in [9.17, 15) is 14.4 Å². The molecule has 10 heteroatoms. The number of carbonyl (C=O) groups excluding carboxylic acids is 3. The number of aromatic nitrogens is 1. The molecular weight excluding hydrogens is 410 g/mol. The number of amides is 2. The van der Waals surface area contributed by atoms with Crippen molar-refractivity contribution in [2.45, 2.75) is 71.9 Å². The van der Waals surface area contributed by atoms with Gasteiger partial charge in [0, 0.05) is 5.38 Å². The normalized spacial score (nSPS) is 21.3. The highest BCUT2D eigenvalue weighted by Gasteiger charge is 2.52. The zero-order valence-corrected chi connectivity index (χ0v) is 19.4. The molecule has 0 unspecified atom stereocenters. The number of methoxy groups -OCH3 is 1. The number of ether oxygens (including phenoxy) is 3. The van der Waals surface area contributed by atoms with Gasteiger partial charge in [-0.2, -0.15) is 0 Å². The first-order valence-electron chi connectivity index (χ1n) is 9.52. The quantitative estimate of drug-likeness (QED) is 0.718. The minimum Gasteiger partial charge on any atom is -0.464 e. The van der Waals surface area contributed by atoms with Crippen LogP contribution in [-0.2, 0) is 19.0 Å². The van der Waals surface area contributed by atoms with Crippen LogP contribution in [0.25, 0.3) is 5.70 Å². The van der Waals surface area contributed by atoms with Crippen molar-refractivity contribution in [2.24, 2.45) is 0 Å². The van der Waals surface area contributed by atoms with Gasteiger partial charge < -0.3 is 19.5 Å². The van der Waals surface area contributed by atoms with E-state index in [1.54, 1.807) is 59.9 Å². The summed E-state index contributed by atoms with van der Waals surface area (Å²) < 4.78 is 16.0. The van der Waals surface area contributed by atoms with E-state index in [0.29, 0.717) is 10.7 Å². The van der Waals surface area contributed by atoms with Crippen molar-refractivity contribution in [2.75, 3.05) is 7.11 Å². The first kappa shape index (κ1) is 23.8. The molecule has 2 rings (SSSR count). The van der Waals surface area contributed by atoms with Gasteiger partial charge in [0.25, 0.3) is 0 Å². The van der Waals surface area contributed by atoms with E-state index >= 15 is 0 Å². The van der Waals surface area contributed by atoms with Gasteiger partial charge >= 0.3 is 12.1 Å². The second-order valence-electron chi connectivity index (χ2n) is 8.29. The highest BCUT2D eigenvalue weighted by Crippen LogP contribution is 2.34. The fourth-order valence-corrected chi connectivity index (χ4v) is 3.97. The number of carbonyl (C=O) groups is 3. The van der Waals surface area contributed by atoms with E-state index in [1.165, 1.54) is 23.3 Å². The standard InChI is InChI=1S/C20H29N3O6S/c1-9-12(16-22-13(10-30-16)17(25)27-8)21-15(24)14-11(2)28-20(6,7)23(14)18(26)29-19(3,4)5/h9-11,14H,1-8H3,(H,21,24)/b12-9-/t11-,14+/m1/s1. The highest BCUT2D eigenvalue weighted by molar-refractivity contribution is 7.11. The minimum atomic E-state index is -1.03. The van der Waals surface area contributed by atoms with Crippen LogP contribution in [0.5, 0.6) is 0 Å². The van der Waals surface area contributed by atoms with Crippen LogP contribution in [0.4, 0.5) is 4.79 Å². The molecule has 1 aromatic heterocycles. The Labute approximate surface area is 180 Å². The molecule has 0 aliphatic carbocycles. The van der Waals surface area contributed by atoms with Crippen LogP contribution in [0.3, 0.4) is 0 Å². The molecule has 0 bridgehead atoms. The van der Waals surface area contributed by atoms with E-state index in [4.69, 9.17) is 9.47 Å². The number of thiazole rings is 1. The zero-order valence-electron chi connectivity index (χ0n) is 18.6. The number of hydrogen-bond donors (Lipinski definition) is 1. The van der Waals surface area contributed by atoms with Crippen molar-refractivity contribution < 1.29 is 28.6 Å². The molecule has 1 aromatic rings. The molecule has 1 saturated heterocycles. The molecule has 2 atom stereocenters. The van der Waals surface area contributed by atoms with Crippen LogP contribution in [0.1, 0.15) is 64.0 Å². The van der Waals surface area contributed by atoms with Crippen LogP contribution in [0.15, 0.2) is 11.5 Å². The van der Waals surface area contributed by atoms with Crippen LogP contribution in [-0.4, -0.2) is 58.4 Å². The van der Waals surface area contributed by atoms with Crippen LogP contribution in [0.2, 0.25) is 0 Å². The Bertz CT molecular complexity index is 855. The van der Waals surface area contributed by atoms with E-state index in [1.807, 2.05) is 0 Å². The monoisotopic (exact) mass is 439 g/mol. The summed E-state index contributed by atoms with van der Waals surface area (Å²) in [6.07, 6.45) is 0.468. The molecule has 2 amide bonds. The molecule has 9 nitrogen and oxygen atoms in total. The molecule has 0 radical (unpaired) electrons. The van der Waals surface area contributed by atoms with Gasteiger partial charge in [0.1, 0.15) is 22.4 Å². The molecule has 1 aliphatic heterocycles. The number of esters is 1. The summed E-state index contributed by atoms with van der Waals surface area (Å²) in [4.78, 5) is 43.2. The van der Waals surface area contributed by atoms with E-state index in [0.717, 1.165) is 0 Å². The number of nitrogens with one attached hydrogen (secondary N) is 1. The lowest BCUT2D eigenvalue weighted by Crippen LogP contribution is -2.55. The van der Waals surface area contributed by atoms with Gasteiger partial charge in [-0.15, -0.1) is 11.3 Å². The van der Waals surface area contributed by atoms with Crippen LogP contribution < -0.4 is 5.32 Å². The molecule has 1 N–H and O–H groups in total. The van der Waals surface area contributed by atoms with Crippen molar-refractivity contribution >= 4 is 35.0 Å². The van der Waals surface area contributed by atoms with Gasteiger partial charge in [-0.25, -0.2) is 14.6 Å². The van der Waals surface area contributed by atoms with E-state index < -0.39 is 41.4 Å². The van der Waals surface area contributed by atoms with Crippen molar-refractivity contribution in [1.29, 1.82) is 0 Å². The topological polar surface area (TPSA) is 107 Å². The predicted octanol–water partition coefficient (Wildman–Crippen LogP) is 3.17. The summed E-state index contributed by atoms with van der Waals surface area (Å²) in [5.74, 6) is -1.00. The Morgan fingerprint density at radius 3 is 2.50 bits per heavy atom. The average Bonchev–Trinajstić information content (AvgIpc) is 3.19. The third kappa shape index (κ3) is 5.17. The first-order valence-corrected chi connectivity index (χ1v) is 10.4. The molecular formula is C20H29N3O6S. The van der Waals surface area contributed by atoms with Crippen molar-refractivity contribution in [1.82, 2.24) is 15.2 Å². The van der Waals surface area contributed by atoms with Crippen LogP contribution in [0, 0.1) is 0 Å².